The molecule has 0 aliphatic carbocycles. The molecule has 12 nitrogen and oxygen atoms in total. The van der Waals surface area contributed by atoms with Crippen LogP contribution in [0.3, 0.4) is 0 Å². The maximum absolute atomic E-state index is 10.9. The Morgan fingerprint density at radius 2 is 0.797 bits per heavy atom. The number of para-hydroxylation sites is 2. The molecule has 0 saturated heterocycles. The summed E-state index contributed by atoms with van der Waals surface area (Å²) in [4.78, 5) is 5.98. The third-order valence-electron chi connectivity index (χ3n) is 9.44. The number of aromatic nitrogens is 2. The molecule has 2 aromatic heterocycles. The van der Waals surface area contributed by atoms with E-state index in [1.807, 2.05) is 170 Å². The Bertz CT molecular complexity index is 2690. The van der Waals surface area contributed by atoms with Crippen LogP contribution in [0, 0.1) is 10.8 Å². The van der Waals surface area contributed by atoms with Gasteiger partial charge in [-0.05, 0) is 0 Å². The molecule has 8 aromatic rings. The molecule has 0 bridgehead atoms. The number of amidine groups is 2. The third-order valence-corrected chi connectivity index (χ3v) is 18.4. The van der Waals surface area contributed by atoms with Crippen LogP contribution < -0.4 is 7.16 Å². The summed E-state index contributed by atoms with van der Waals surface area (Å²) >= 11 is -5.16. The number of hydrogen-bond donors (Lipinski definition) is 6. The van der Waals surface area contributed by atoms with Gasteiger partial charge in [-0.2, -0.15) is 0 Å². The Balaban J connectivity index is 1.17. The van der Waals surface area contributed by atoms with Gasteiger partial charge in [-0.1, -0.05) is 0 Å². The van der Waals surface area contributed by atoms with E-state index in [1.54, 1.807) is 12.2 Å². The standard InChI is InChI=1S/2C17H14N4O2.2C6H5.Sn/c2*18-17(23)21-20-15(11-6-2-1-3-7-11)10-13-12-8-4-5-9-14(12)19-16(13)22;2*1-2-4-6-5-3-1;/h2*1-10,19,22H,(H2,18,23);2*1-5H;/q;;;;+2/p-2/b2*15-10-,21-20?;;;. The van der Waals surface area contributed by atoms with E-state index >= 15 is 0 Å². The molecule has 0 aliphatic heterocycles. The number of aromatic hydroxyl groups is 2. The first kappa shape index (κ1) is 38.3. The average molecular weight is 884 g/mol. The minimum atomic E-state index is -5.16. The van der Waals surface area contributed by atoms with Gasteiger partial charge in [0.25, 0.3) is 0 Å². The fraction of sp³-hybridized carbons (Fsp3) is 0. The van der Waals surface area contributed by atoms with Crippen molar-refractivity contribution < 1.29 is 16.4 Å². The Kier molecular flexibility index (Phi) is 11.2. The first-order valence-corrected chi connectivity index (χ1v) is 23.7. The van der Waals surface area contributed by atoms with Crippen molar-refractivity contribution in [2.24, 2.45) is 20.5 Å². The molecule has 8 rings (SSSR count). The van der Waals surface area contributed by atoms with Crippen LogP contribution in [-0.2, 0) is 6.15 Å². The van der Waals surface area contributed by atoms with Crippen LogP contribution in [0.15, 0.2) is 190 Å². The molecule has 6 aromatic carbocycles. The van der Waals surface area contributed by atoms with Crippen molar-refractivity contribution in [2.75, 3.05) is 0 Å². The molecule has 59 heavy (non-hydrogen) atoms. The molecule has 13 heteroatoms. The van der Waals surface area contributed by atoms with Gasteiger partial charge in [0.2, 0.25) is 0 Å². The Labute approximate surface area is 343 Å². The van der Waals surface area contributed by atoms with Crippen molar-refractivity contribution in [3.8, 4) is 11.8 Å². The van der Waals surface area contributed by atoms with Gasteiger partial charge in [0.05, 0.1) is 0 Å². The number of benzene rings is 6. The van der Waals surface area contributed by atoms with Gasteiger partial charge in [-0.3, -0.25) is 0 Å². The summed E-state index contributed by atoms with van der Waals surface area (Å²) in [6.07, 6.45) is 3.40. The van der Waals surface area contributed by atoms with Crippen LogP contribution in [0.5, 0.6) is 11.8 Å². The molecule has 0 aliphatic rings. The zero-order valence-corrected chi connectivity index (χ0v) is 34.2. The van der Waals surface area contributed by atoms with Crippen LogP contribution in [0.1, 0.15) is 22.3 Å². The van der Waals surface area contributed by atoms with Crippen LogP contribution >= 0.6 is 0 Å². The monoisotopic (exact) mass is 884 g/mol. The van der Waals surface area contributed by atoms with Crippen molar-refractivity contribution in [1.82, 2.24) is 9.97 Å². The third kappa shape index (κ3) is 8.43. The van der Waals surface area contributed by atoms with E-state index in [1.165, 1.54) is 0 Å². The summed E-state index contributed by atoms with van der Waals surface area (Å²) in [6, 6.07) is 50.9. The van der Waals surface area contributed by atoms with E-state index in [0.717, 1.165) is 21.8 Å². The van der Waals surface area contributed by atoms with E-state index in [9.17, 15) is 10.2 Å². The number of rotatable bonds is 10. The fourth-order valence-corrected chi connectivity index (χ4v) is 14.5. The van der Waals surface area contributed by atoms with E-state index in [0.29, 0.717) is 40.8 Å². The zero-order valence-electron chi connectivity index (χ0n) is 31.3. The second-order valence-electron chi connectivity index (χ2n) is 13.2. The van der Waals surface area contributed by atoms with Crippen LogP contribution in [0.4, 0.5) is 0 Å². The molecule has 0 saturated carbocycles. The topological polar surface area (TPSA) is 188 Å². The molecule has 0 amide bonds. The number of fused-ring (bicyclic) bond motifs is 2. The van der Waals surface area contributed by atoms with Crippen LogP contribution in [-0.4, -0.2) is 51.4 Å². The fourth-order valence-electron chi connectivity index (χ4n) is 6.67. The normalized spacial score (nSPS) is 12.4. The average Bonchev–Trinajstić information content (AvgIpc) is 3.78. The first-order valence-electron chi connectivity index (χ1n) is 18.5. The molecule has 0 unspecified atom stereocenters. The van der Waals surface area contributed by atoms with E-state index in [-0.39, 0.29) is 11.8 Å². The van der Waals surface area contributed by atoms with E-state index in [4.69, 9.17) is 17.0 Å². The molecular formula is C46H36N8O4Sn. The van der Waals surface area contributed by atoms with E-state index in [2.05, 4.69) is 30.4 Å². The van der Waals surface area contributed by atoms with Gasteiger partial charge >= 0.3 is 345 Å². The molecule has 0 radical (unpaired) electrons. The Morgan fingerprint density at radius 3 is 1.19 bits per heavy atom. The number of aromatic amines is 2. The molecular weight excluding hydrogens is 847 g/mol. The molecule has 6 N–H and O–H groups in total. The molecule has 288 valence electrons. The maximum atomic E-state index is 10.9. The van der Waals surface area contributed by atoms with Crippen LogP contribution in [0.2, 0.25) is 0 Å². The summed E-state index contributed by atoms with van der Waals surface area (Å²) in [5.74, 6) is -0.0664. The van der Waals surface area contributed by atoms with Gasteiger partial charge in [0.1, 0.15) is 0 Å². The van der Waals surface area contributed by atoms with Gasteiger partial charge in [-0.15, -0.1) is 0 Å². The molecule has 0 atom stereocenters. The number of azo groups is 2. The summed E-state index contributed by atoms with van der Waals surface area (Å²) in [5.41, 5.74) is 4.64. The predicted octanol–water partition coefficient (Wildman–Crippen LogP) is 9.82. The predicted molar refractivity (Wildman–Crippen MR) is 234 cm³/mol. The number of H-pyrrole nitrogens is 2. The Hall–Kier alpha value is -7.58. The number of nitrogens with zero attached hydrogens (tertiary/aromatic N) is 4. The summed E-state index contributed by atoms with van der Waals surface area (Å²) < 4.78 is 14.4. The minimum absolute atomic E-state index is 0.0332. The SMILES string of the molecule is N=C(N=N/C(=C\c1c(O)[nH]c2ccccc12)c1ccccc1)[O][Sn]([O]C(=N)N=N/C(=C\c1c(O)[nH]c2ccccc12)c1ccccc1)([c]1ccccc1)[c]1ccccc1. The second kappa shape index (κ2) is 17.3. The van der Waals surface area contributed by atoms with Crippen molar-refractivity contribution in [1.29, 1.82) is 10.8 Å². The summed E-state index contributed by atoms with van der Waals surface area (Å²) in [6.45, 7) is 0. The van der Waals surface area contributed by atoms with Crippen LogP contribution in [0.25, 0.3) is 45.4 Å². The van der Waals surface area contributed by atoms with Gasteiger partial charge in [0.15, 0.2) is 0 Å². The first-order chi connectivity index (χ1) is 28.9. The second-order valence-corrected chi connectivity index (χ2v) is 21.2. The molecule has 0 fully saturated rings. The molecule has 2 heterocycles. The molecule has 0 spiro atoms. The Morgan fingerprint density at radius 1 is 0.458 bits per heavy atom. The van der Waals surface area contributed by atoms with Gasteiger partial charge in [0, 0.05) is 0 Å². The van der Waals surface area contributed by atoms with E-state index < -0.39 is 31.2 Å². The number of nitrogens with one attached hydrogen (secondary N) is 4. The van der Waals surface area contributed by atoms with Gasteiger partial charge in [-0.25, -0.2) is 0 Å². The number of hydrogen-bond acceptors (Lipinski definition) is 8. The van der Waals surface area contributed by atoms with Crippen molar-refractivity contribution in [2.45, 2.75) is 0 Å². The summed E-state index contributed by atoms with van der Waals surface area (Å²) in [5, 5.41) is 59.0. The van der Waals surface area contributed by atoms with Crippen molar-refractivity contribution in [3.63, 3.8) is 0 Å². The van der Waals surface area contributed by atoms with Crippen molar-refractivity contribution >= 4 is 83.8 Å². The van der Waals surface area contributed by atoms with Gasteiger partial charge < -0.3 is 0 Å². The summed E-state index contributed by atoms with van der Waals surface area (Å²) in [7, 11) is 0. The zero-order chi connectivity index (χ0) is 40.6. The quantitative estimate of drug-likeness (QED) is 0.0346. The van der Waals surface area contributed by atoms with Crippen molar-refractivity contribution in [3.05, 3.63) is 192 Å².